The number of hydrogen-bond acceptors (Lipinski definition) is 6. The fourth-order valence-electron chi connectivity index (χ4n) is 3.66. The van der Waals surface area contributed by atoms with Crippen molar-refractivity contribution in [2.24, 2.45) is 5.92 Å². The summed E-state index contributed by atoms with van der Waals surface area (Å²) in [6.45, 7) is 3.58. The summed E-state index contributed by atoms with van der Waals surface area (Å²) in [5.74, 6) is 0.410. The summed E-state index contributed by atoms with van der Waals surface area (Å²) in [7, 11) is 0. The van der Waals surface area contributed by atoms with Crippen LogP contribution in [-0.2, 0) is 0 Å². The summed E-state index contributed by atoms with van der Waals surface area (Å²) >= 11 is 0. The number of aromatic hydroxyl groups is 1. The van der Waals surface area contributed by atoms with Crippen molar-refractivity contribution in [3.63, 3.8) is 0 Å². The second kappa shape index (κ2) is 9.91. The van der Waals surface area contributed by atoms with Gasteiger partial charge in [-0.05, 0) is 44.0 Å². The molecular formula is C23H25NO6. The molecule has 0 spiro atoms. The number of phenols is 1. The lowest BCUT2D eigenvalue weighted by Gasteiger charge is -2.33. The maximum absolute atomic E-state index is 13.1. The molecule has 7 heteroatoms. The average Bonchev–Trinajstić information content (AvgIpc) is 2.77. The molecule has 1 atom stereocenters. The predicted molar refractivity (Wildman–Crippen MR) is 111 cm³/mol. The van der Waals surface area contributed by atoms with Crippen molar-refractivity contribution in [3.8, 4) is 17.2 Å². The van der Waals surface area contributed by atoms with Crippen LogP contribution >= 0.6 is 0 Å². The van der Waals surface area contributed by atoms with Crippen LogP contribution in [0.3, 0.4) is 0 Å². The molecule has 1 amide bonds. The molecule has 0 unspecified atom stereocenters. The third-order valence-electron chi connectivity index (χ3n) is 5.13. The van der Waals surface area contributed by atoms with Gasteiger partial charge in [0.15, 0.2) is 12.6 Å². The highest BCUT2D eigenvalue weighted by molar-refractivity contribution is 5.99. The second-order valence-corrected chi connectivity index (χ2v) is 7.15. The zero-order valence-corrected chi connectivity index (χ0v) is 16.9. The van der Waals surface area contributed by atoms with Crippen LogP contribution in [0.2, 0.25) is 0 Å². The maximum Gasteiger partial charge on any atom is 0.257 e. The number of carbonyl (C=O) groups excluding carboxylic acids is 3. The molecule has 1 aliphatic heterocycles. The molecule has 1 N–H and O–H groups in total. The standard InChI is InChI=1S/C23H25NO6/c1-2-29-22-17(13-25)7-3-8-18(22)23(28)24-11-5-6-16(12-24)15-30-21-10-4-9-20(27)19(21)14-26/h3-4,7-10,13-14,16,27H,2,5-6,11-12,15H2,1H3/t16-/m1/s1. The third kappa shape index (κ3) is 4.62. The van der Waals surface area contributed by atoms with E-state index in [0.29, 0.717) is 61.5 Å². The number of phenolic OH excluding ortho intramolecular Hbond substituents is 1. The van der Waals surface area contributed by atoms with E-state index in [0.717, 1.165) is 12.8 Å². The van der Waals surface area contributed by atoms with Gasteiger partial charge in [0, 0.05) is 19.0 Å². The molecule has 1 fully saturated rings. The summed E-state index contributed by atoms with van der Waals surface area (Å²) in [4.78, 5) is 37.4. The molecule has 0 radical (unpaired) electrons. The lowest BCUT2D eigenvalue weighted by atomic mass is 9.97. The smallest absolute Gasteiger partial charge is 0.257 e. The monoisotopic (exact) mass is 411 g/mol. The van der Waals surface area contributed by atoms with Crippen LogP contribution in [-0.4, -0.2) is 54.8 Å². The van der Waals surface area contributed by atoms with Crippen molar-refractivity contribution >= 4 is 18.5 Å². The van der Waals surface area contributed by atoms with E-state index in [9.17, 15) is 19.5 Å². The Morgan fingerprint density at radius 1 is 1.17 bits per heavy atom. The summed E-state index contributed by atoms with van der Waals surface area (Å²) in [5.41, 5.74) is 0.845. The van der Waals surface area contributed by atoms with E-state index < -0.39 is 0 Å². The first kappa shape index (κ1) is 21.4. The highest BCUT2D eigenvalue weighted by Gasteiger charge is 2.27. The van der Waals surface area contributed by atoms with Gasteiger partial charge >= 0.3 is 0 Å². The first-order valence-corrected chi connectivity index (χ1v) is 9.99. The van der Waals surface area contributed by atoms with Gasteiger partial charge in [0.05, 0.1) is 29.9 Å². The van der Waals surface area contributed by atoms with Crippen molar-refractivity contribution in [2.75, 3.05) is 26.3 Å². The summed E-state index contributed by atoms with van der Waals surface area (Å²) in [5, 5.41) is 9.78. The largest absolute Gasteiger partial charge is 0.507 e. The minimum atomic E-state index is -0.183. The maximum atomic E-state index is 13.1. The Bertz CT molecular complexity index is 926. The number of para-hydroxylation sites is 1. The second-order valence-electron chi connectivity index (χ2n) is 7.15. The molecule has 7 nitrogen and oxygen atoms in total. The van der Waals surface area contributed by atoms with Gasteiger partial charge in [0.2, 0.25) is 0 Å². The number of nitrogens with zero attached hydrogens (tertiary/aromatic N) is 1. The number of piperidine rings is 1. The van der Waals surface area contributed by atoms with Crippen LogP contribution in [0.25, 0.3) is 0 Å². The Morgan fingerprint density at radius 3 is 2.70 bits per heavy atom. The minimum absolute atomic E-state index is 0.0781. The van der Waals surface area contributed by atoms with Crippen molar-refractivity contribution in [2.45, 2.75) is 19.8 Å². The number of amides is 1. The molecule has 2 aromatic carbocycles. The van der Waals surface area contributed by atoms with E-state index in [1.807, 2.05) is 0 Å². The fraction of sp³-hybridized carbons (Fsp3) is 0.348. The summed E-state index contributed by atoms with van der Waals surface area (Å²) in [6, 6.07) is 9.65. The molecular weight excluding hydrogens is 386 g/mol. The number of carbonyl (C=O) groups is 3. The van der Waals surface area contributed by atoms with Crippen molar-refractivity contribution in [1.82, 2.24) is 4.90 Å². The third-order valence-corrected chi connectivity index (χ3v) is 5.13. The Kier molecular flexibility index (Phi) is 7.06. The van der Waals surface area contributed by atoms with E-state index in [1.165, 1.54) is 6.07 Å². The SMILES string of the molecule is CCOc1c(C=O)cccc1C(=O)N1CCC[C@@H](COc2cccc(O)c2C=O)C1. The van der Waals surface area contributed by atoms with Crippen LogP contribution in [0, 0.1) is 5.92 Å². The lowest BCUT2D eigenvalue weighted by molar-refractivity contribution is 0.0629. The highest BCUT2D eigenvalue weighted by Crippen LogP contribution is 2.29. The van der Waals surface area contributed by atoms with Crippen LogP contribution in [0.15, 0.2) is 36.4 Å². The van der Waals surface area contributed by atoms with E-state index in [4.69, 9.17) is 9.47 Å². The van der Waals surface area contributed by atoms with E-state index >= 15 is 0 Å². The van der Waals surface area contributed by atoms with Crippen LogP contribution in [0.1, 0.15) is 50.8 Å². The number of hydrogen-bond donors (Lipinski definition) is 1. The Hall–Kier alpha value is -3.35. The van der Waals surface area contributed by atoms with Gasteiger partial charge in [-0.15, -0.1) is 0 Å². The van der Waals surface area contributed by atoms with Gasteiger partial charge in [-0.25, -0.2) is 0 Å². The first-order valence-electron chi connectivity index (χ1n) is 9.99. The van der Waals surface area contributed by atoms with Gasteiger partial charge in [-0.1, -0.05) is 12.1 Å². The van der Waals surface area contributed by atoms with Crippen molar-refractivity contribution in [3.05, 3.63) is 53.1 Å². The minimum Gasteiger partial charge on any atom is -0.507 e. The molecule has 0 bridgehead atoms. The zero-order chi connectivity index (χ0) is 21.5. The summed E-state index contributed by atoms with van der Waals surface area (Å²) < 4.78 is 11.4. The van der Waals surface area contributed by atoms with Crippen LogP contribution in [0.5, 0.6) is 17.2 Å². The highest BCUT2D eigenvalue weighted by atomic mass is 16.5. The molecule has 1 aliphatic rings. The van der Waals surface area contributed by atoms with Gasteiger partial charge in [-0.2, -0.15) is 0 Å². The van der Waals surface area contributed by atoms with E-state index in [2.05, 4.69) is 0 Å². The Balaban J connectivity index is 1.71. The number of likely N-dealkylation sites (tertiary alicyclic amines) is 1. The lowest BCUT2D eigenvalue weighted by Crippen LogP contribution is -2.41. The van der Waals surface area contributed by atoms with Crippen LogP contribution in [0.4, 0.5) is 0 Å². The predicted octanol–water partition coefficient (Wildman–Crippen LogP) is 3.35. The van der Waals surface area contributed by atoms with Crippen LogP contribution < -0.4 is 9.47 Å². The zero-order valence-electron chi connectivity index (χ0n) is 16.9. The van der Waals surface area contributed by atoms with Gasteiger partial charge in [-0.3, -0.25) is 14.4 Å². The quantitative estimate of drug-likeness (QED) is 0.670. The topological polar surface area (TPSA) is 93.1 Å². The Labute approximate surface area is 175 Å². The molecule has 3 rings (SSSR count). The van der Waals surface area contributed by atoms with E-state index in [1.54, 1.807) is 42.2 Å². The van der Waals surface area contributed by atoms with E-state index in [-0.39, 0.29) is 23.1 Å². The Morgan fingerprint density at radius 2 is 1.97 bits per heavy atom. The normalized spacial score (nSPS) is 16.0. The molecule has 1 heterocycles. The van der Waals surface area contributed by atoms with Gasteiger partial charge in [0.25, 0.3) is 5.91 Å². The molecule has 2 aromatic rings. The molecule has 158 valence electrons. The number of rotatable bonds is 8. The molecule has 1 saturated heterocycles. The summed E-state index contributed by atoms with van der Waals surface area (Å²) in [6.07, 6.45) is 2.95. The molecule has 0 saturated carbocycles. The molecule has 0 aliphatic carbocycles. The number of aldehydes is 2. The van der Waals surface area contributed by atoms with Gasteiger partial charge in [0.1, 0.15) is 17.2 Å². The molecule has 0 aromatic heterocycles. The first-order chi connectivity index (χ1) is 14.6. The number of ether oxygens (including phenoxy) is 2. The van der Waals surface area contributed by atoms with Crippen molar-refractivity contribution < 1.29 is 29.0 Å². The fourth-order valence-corrected chi connectivity index (χ4v) is 3.66. The number of benzene rings is 2. The molecule has 30 heavy (non-hydrogen) atoms. The average molecular weight is 411 g/mol. The van der Waals surface area contributed by atoms with Gasteiger partial charge < -0.3 is 19.5 Å². The van der Waals surface area contributed by atoms with Crippen molar-refractivity contribution in [1.29, 1.82) is 0 Å².